The van der Waals surface area contributed by atoms with Crippen molar-refractivity contribution in [3.63, 3.8) is 0 Å². The maximum Gasteiger partial charge on any atom is 0.179 e. The molecule has 1 N–H and O–H groups in total. The number of carbonyl (C=O) groups excluding carboxylic acids is 1. The van der Waals surface area contributed by atoms with E-state index in [2.05, 4.69) is 10.3 Å². The number of Topliss-reactive ketones (excluding diaryl/α,β-unsaturated/α-hetero) is 1. The van der Waals surface area contributed by atoms with E-state index in [1.165, 1.54) is 12.3 Å². The van der Waals surface area contributed by atoms with Gasteiger partial charge in [-0.25, -0.2) is 4.39 Å². The van der Waals surface area contributed by atoms with Crippen molar-refractivity contribution in [3.8, 4) is 0 Å². The summed E-state index contributed by atoms with van der Waals surface area (Å²) in [4.78, 5) is 14.7. The van der Waals surface area contributed by atoms with Crippen molar-refractivity contribution in [1.29, 1.82) is 0 Å². The van der Waals surface area contributed by atoms with Gasteiger partial charge < -0.3 is 5.32 Å². The summed E-state index contributed by atoms with van der Waals surface area (Å²) in [6, 6.07) is 1.37. The lowest BCUT2D eigenvalue weighted by atomic mass is 10.2. The number of nitrogens with zero attached hydrogens (tertiary/aromatic N) is 1. The quantitative estimate of drug-likeness (QED) is 0.673. The van der Waals surface area contributed by atoms with Gasteiger partial charge in [0.05, 0.1) is 18.3 Å². The number of rotatable bonds is 3. The molecule has 0 spiro atoms. The molecule has 0 saturated heterocycles. The summed E-state index contributed by atoms with van der Waals surface area (Å²) in [7, 11) is 1.64. The summed E-state index contributed by atoms with van der Waals surface area (Å²) in [6.45, 7) is 0.140. The van der Waals surface area contributed by atoms with E-state index in [-0.39, 0.29) is 17.9 Å². The topological polar surface area (TPSA) is 42.0 Å². The van der Waals surface area contributed by atoms with Crippen LogP contribution in [0.25, 0.3) is 0 Å². The lowest BCUT2D eigenvalue weighted by Crippen LogP contribution is -2.19. The molecular formula is C8H9FN2O. The van der Waals surface area contributed by atoms with E-state index in [4.69, 9.17) is 0 Å². The van der Waals surface area contributed by atoms with Gasteiger partial charge in [0, 0.05) is 6.20 Å². The van der Waals surface area contributed by atoms with E-state index in [1.54, 1.807) is 7.05 Å². The standard InChI is InChI=1S/C8H9FN2O/c1-10-5-8(12)6-2-3-11-4-7(6)9/h2-4,10H,5H2,1H3. The second kappa shape index (κ2) is 3.92. The first-order valence-electron chi connectivity index (χ1n) is 3.53. The Kier molecular flexibility index (Phi) is 2.88. The van der Waals surface area contributed by atoms with Crippen molar-refractivity contribution in [2.75, 3.05) is 13.6 Å². The number of nitrogens with one attached hydrogen (secondary N) is 1. The van der Waals surface area contributed by atoms with Crippen LogP contribution in [0.15, 0.2) is 18.5 Å². The molecule has 3 nitrogen and oxygen atoms in total. The minimum atomic E-state index is -0.572. The average molecular weight is 168 g/mol. The van der Waals surface area contributed by atoms with Gasteiger partial charge in [-0.2, -0.15) is 0 Å². The highest BCUT2D eigenvalue weighted by atomic mass is 19.1. The Bertz CT molecular complexity index is 288. The molecule has 0 aliphatic rings. The summed E-state index contributed by atoms with van der Waals surface area (Å²) in [5.41, 5.74) is 0.0827. The zero-order valence-electron chi connectivity index (χ0n) is 6.67. The summed E-state index contributed by atoms with van der Waals surface area (Å²) < 4.78 is 12.9. The van der Waals surface area contributed by atoms with Crippen LogP contribution in [0, 0.1) is 5.82 Å². The van der Waals surface area contributed by atoms with E-state index >= 15 is 0 Å². The Morgan fingerprint density at radius 1 is 1.75 bits per heavy atom. The van der Waals surface area contributed by atoms with Gasteiger partial charge in [0.25, 0.3) is 0 Å². The van der Waals surface area contributed by atoms with Crippen molar-refractivity contribution in [3.05, 3.63) is 29.8 Å². The molecule has 0 aromatic carbocycles. The molecule has 4 heteroatoms. The average Bonchev–Trinajstić information content (AvgIpc) is 2.05. The van der Waals surface area contributed by atoms with Crippen LogP contribution < -0.4 is 5.32 Å². The monoisotopic (exact) mass is 168 g/mol. The fourth-order valence-electron chi connectivity index (χ4n) is 0.857. The molecule has 0 atom stereocenters. The number of carbonyl (C=O) groups is 1. The molecule has 0 radical (unpaired) electrons. The SMILES string of the molecule is CNCC(=O)c1ccncc1F. The largest absolute Gasteiger partial charge is 0.313 e. The summed E-state index contributed by atoms with van der Waals surface area (Å²) in [5, 5.41) is 2.66. The normalized spacial score (nSPS) is 9.83. The third-order valence-electron chi connectivity index (χ3n) is 1.41. The highest BCUT2D eigenvalue weighted by molar-refractivity contribution is 5.97. The molecule has 1 heterocycles. The Morgan fingerprint density at radius 3 is 3.08 bits per heavy atom. The summed E-state index contributed by atoms with van der Waals surface area (Å²) in [5.74, 6) is -0.838. The van der Waals surface area contributed by atoms with Crippen LogP contribution in [-0.4, -0.2) is 24.4 Å². The van der Waals surface area contributed by atoms with Gasteiger partial charge >= 0.3 is 0 Å². The first-order chi connectivity index (χ1) is 5.75. The fraction of sp³-hybridized carbons (Fsp3) is 0.250. The third kappa shape index (κ3) is 1.85. The van der Waals surface area contributed by atoms with Gasteiger partial charge in [0.15, 0.2) is 11.6 Å². The molecule has 0 bridgehead atoms. The number of pyridine rings is 1. The molecule has 1 aromatic rings. The van der Waals surface area contributed by atoms with Gasteiger partial charge in [0.2, 0.25) is 0 Å². The van der Waals surface area contributed by atoms with Crippen LogP contribution in [0.2, 0.25) is 0 Å². The Hall–Kier alpha value is -1.29. The van der Waals surface area contributed by atoms with Crippen LogP contribution in [0.1, 0.15) is 10.4 Å². The fourth-order valence-corrected chi connectivity index (χ4v) is 0.857. The molecule has 0 aliphatic carbocycles. The second-order valence-electron chi connectivity index (χ2n) is 2.31. The van der Waals surface area contributed by atoms with Crippen molar-refractivity contribution in [1.82, 2.24) is 10.3 Å². The summed E-state index contributed by atoms with van der Waals surface area (Å²) >= 11 is 0. The van der Waals surface area contributed by atoms with Crippen LogP contribution in [-0.2, 0) is 0 Å². The van der Waals surface area contributed by atoms with Gasteiger partial charge in [-0.1, -0.05) is 0 Å². The Balaban J connectivity index is 2.87. The van der Waals surface area contributed by atoms with Crippen LogP contribution in [0.3, 0.4) is 0 Å². The predicted molar refractivity (Wildman–Crippen MR) is 42.5 cm³/mol. The number of halogens is 1. The molecular weight excluding hydrogens is 159 g/mol. The van der Waals surface area contributed by atoms with Gasteiger partial charge in [0.1, 0.15) is 0 Å². The first-order valence-corrected chi connectivity index (χ1v) is 3.53. The number of hydrogen-bond acceptors (Lipinski definition) is 3. The Morgan fingerprint density at radius 2 is 2.50 bits per heavy atom. The zero-order chi connectivity index (χ0) is 8.97. The van der Waals surface area contributed by atoms with E-state index in [9.17, 15) is 9.18 Å². The smallest absolute Gasteiger partial charge is 0.179 e. The molecule has 0 saturated carbocycles. The highest BCUT2D eigenvalue weighted by Crippen LogP contribution is 2.04. The van der Waals surface area contributed by atoms with E-state index in [0.717, 1.165) is 6.20 Å². The molecule has 0 amide bonds. The lowest BCUT2D eigenvalue weighted by Gasteiger charge is -1.99. The minimum Gasteiger partial charge on any atom is -0.313 e. The molecule has 1 rings (SSSR count). The molecule has 12 heavy (non-hydrogen) atoms. The van der Waals surface area contributed by atoms with Crippen molar-refractivity contribution < 1.29 is 9.18 Å². The highest BCUT2D eigenvalue weighted by Gasteiger charge is 2.09. The Labute approximate surface area is 69.6 Å². The number of aromatic nitrogens is 1. The molecule has 0 unspecified atom stereocenters. The molecule has 64 valence electrons. The maximum absolute atomic E-state index is 12.9. The molecule has 0 fully saturated rings. The van der Waals surface area contributed by atoms with E-state index in [1.807, 2.05) is 0 Å². The van der Waals surface area contributed by atoms with Crippen LogP contribution in [0.4, 0.5) is 4.39 Å². The molecule has 1 aromatic heterocycles. The van der Waals surface area contributed by atoms with Crippen LogP contribution in [0.5, 0.6) is 0 Å². The van der Waals surface area contributed by atoms with Crippen molar-refractivity contribution in [2.45, 2.75) is 0 Å². The number of ketones is 1. The predicted octanol–water partition coefficient (Wildman–Crippen LogP) is 0.623. The number of likely N-dealkylation sites (N-methyl/N-ethyl adjacent to an activating group) is 1. The second-order valence-corrected chi connectivity index (χ2v) is 2.31. The maximum atomic E-state index is 12.9. The lowest BCUT2D eigenvalue weighted by molar-refractivity contribution is 0.0989. The van der Waals surface area contributed by atoms with E-state index < -0.39 is 5.82 Å². The zero-order valence-corrected chi connectivity index (χ0v) is 6.67. The van der Waals surface area contributed by atoms with Gasteiger partial charge in [-0.15, -0.1) is 0 Å². The third-order valence-corrected chi connectivity index (χ3v) is 1.41. The first kappa shape index (κ1) is 8.80. The van der Waals surface area contributed by atoms with Crippen LogP contribution >= 0.6 is 0 Å². The van der Waals surface area contributed by atoms with E-state index in [0.29, 0.717) is 0 Å². The van der Waals surface area contributed by atoms with Gasteiger partial charge in [-0.05, 0) is 13.1 Å². The van der Waals surface area contributed by atoms with Gasteiger partial charge in [-0.3, -0.25) is 9.78 Å². The molecule has 0 aliphatic heterocycles. The number of hydrogen-bond donors (Lipinski definition) is 1. The minimum absolute atomic E-state index is 0.0827. The summed E-state index contributed by atoms with van der Waals surface area (Å²) in [6.07, 6.45) is 2.43. The van der Waals surface area contributed by atoms with Crippen molar-refractivity contribution >= 4 is 5.78 Å². The van der Waals surface area contributed by atoms with Crippen molar-refractivity contribution in [2.24, 2.45) is 0 Å².